The third-order valence-corrected chi connectivity index (χ3v) is 4.93. The minimum atomic E-state index is 0.482. The van der Waals surface area contributed by atoms with Gasteiger partial charge in [-0.2, -0.15) is 9.90 Å². The van der Waals surface area contributed by atoms with Crippen LogP contribution in [-0.2, 0) is 6.54 Å². The predicted octanol–water partition coefficient (Wildman–Crippen LogP) is 4.55. The first-order valence-electron chi connectivity index (χ1n) is 9.80. The second-order valence-corrected chi connectivity index (χ2v) is 7.16. The molecule has 2 aromatic heterocycles. The molecule has 0 bridgehead atoms. The number of para-hydroxylation sites is 1. The maximum absolute atomic E-state index is 4.85. The van der Waals surface area contributed by atoms with Crippen LogP contribution in [0, 0.1) is 6.92 Å². The van der Waals surface area contributed by atoms with Gasteiger partial charge in [-0.25, -0.2) is 4.68 Å². The average molecular weight is 392 g/mol. The van der Waals surface area contributed by atoms with E-state index < -0.39 is 0 Å². The lowest BCUT2D eigenvalue weighted by molar-refractivity contribution is 0.573. The number of hydrogen-bond donors (Lipinski definition) is 0. The Morgan fingerprint density at radius 1 is 0.733 bits per heavy atom. The maximum atomic E-state index is 4.85. The quantitative estimate of drug-likeness (QED) is 0.440. The molecule has 2 heterocycles. The van der Waals surface area contributed by atoms with Crippen molar-refractivity contribution in [2.45, 2.75) is 13.5 Å². The first-order chi connectivity index (χ1) is 14.8. The number of aryl methyl sites for hydroxylation is 1. The summed E-state index contributed by atoms with van der Waals surface area (Å²) < 4.78 is 1.90. The van der Waals surface area contributed by atoms with Crippen LogP contribution in [0.2, 0.25) is 0 Å². The summed E-state index contributed by atoms with van der Waals surface area (Å²) in [7, 11) is 0. The molecule has 0 saturated heterocycles. The largest absolute Gasteiger partial charge is 0.240 e. The van der Waals surface area contributed by atoms with Crippen molar-refractivity contribution < 1.29 is 0 Å². The highest BCUT2D eigenvalue weighted by Crippen LogP contribution is 2.24. The van der Waals surface area contributed by atoms with Crippen LogP contribution < -0.4 is 0 Å². The van der Waals surface area contributed by atoms with Gasteiger partial charge >= 0.3 is 0 Å². The fourth-order valence-electron chi connectivity index (χ4n) is 3.36. The Morgan fingerprint density at radius 2 is 1.43 bits per heavy atom. The van der Waals surface area contributed by atoms with Gasteiger partial charge in [-0.3, -0.25) is 0 Å². The lowest BCUT2D eigenvalue weighted by atomic mass is 10.1. The zero-order valence-corrected chi connectivity index (χ0v) is 16.6. The van der Waals surface area contributed by atoms with Gasteiger partial charge in [0.2, 0.25) is 5.82 Å². The first-order valence-corrected chi connectivity index (χ1v) is 9.80. The number of benzene rings is 3. The Morgan fingerprint density at radius 3 is 2.17 bits per heavy atom. The topological polar surface area (TPSA) is 61.4 Å². The van der Waals surface area contributed by atoms with E-state index in [2.05, 4.69) is 34.5 Å². The van der Waals surface area contributed by atoms with E-state index in [1.165, 1.54) is 5.56 Å². The van der Waals surface area contributed by atoms with E-state index in [4.69, 9.17) is 5.10 Å². The van der Waals surface area contributed by atoms with E-state index in [0.717, 1.165) is 28.1 Å². The molecule has 0 unspecified atom stereocenters. The van der Waals surface area contributed by atoms with Crippen LogP contribution in [0.25, 0.3) is 28.3 Å². The van der Waals surface area contributed by atoms with Crippen molar-refractivity contribution in [1.82, 2.24) is 30.0 Å². The SMILES string of the molecule is Cc1ccc(-c2nnn(Cc3cn(-c4ccccc4)nc3-c3ccccc3)n2)cc1. The molecule has 0 aliphatic rings. The van der Waals surface area contributed by atoms with Crippen molar-refractivity contribution in [1.29, 1.82) is 0 Å². The molecule has 0 fully saturated rings. The summed E-state index contributed by atoms with van der Waals surface area (Å²) in [6.07, 6.45) is 2.03. The third-order valence-electron chi connectivity index (χ3n) is 4.93. The summed E-state index contributed by atoms with van der Waals surface area (Å²) in [5, 5.41) is 17.9. The zero-order valence-electron chi connectivity index (χ0n) is 16.6. The van der Waals surface area contributed by atoms with Crippen LogP contribution in [0.5, 0.6) is 0 Å². The Hall–Kier alpha value is -4.06. The number of rotatable bonds is 5. The highest BCUT2D eigenvalue weighted by molar-refractivity contribution is 5.63. The van der Waals surface area contributed by atoms with Crippen LogP contribution in [0.1, 0.15) is 11.1 Å². The molecule has 0 N–H and O–H groups in total. The van der Waals surface area contributed by atoms with E-state index in [0.29, 0.717) is 12.4 Å². The lowest BCUT2D eigenvalue weighted by Crippen LogP contribution is -2.04. The fraction of sp³-hybridized carbons (Fsp3) is 0.0833. The molecule has 5 aromatic rings. The van der Waals surface area contributed by atoms with Crippen LogP contribution in [0.3, 0.4) is 0 Å². The molecular weight excluding hydrogens is 372 g/mol. The van der Waals surface area contributed by atoms with Gasteiger partial charge in [0.25, 0.3) is 0 Å². The summed E-state index contributed by atoms with van der Waals surface area (Å²) in [6, 6.07) is 28.4. The number of tetrazole rings is 1. The number of nitrogens with zero attached hydrogens (tertiary/aromatic N) is 6. The van der Waals surface area contributed by atoms with E-state index in [1.54, 1.807) is 4.80 Å². The molecule has 6 nitrogen and oxygen atoms in total. The second-order valence-electron chi connectivity index (χ2n) is 7.16. The predicted molar refractivity (Wildman–Crippen MR) is 116 cm³/mol. The van der Waals surface area contributed by atoms with E-state index in [1.807, 2.05) is 83.7 Å². The molecule has 3 aromatic carbocycles. The molecule has 0 amide bonds. The third kappa shape index (κ3) is 3.63. The monoisotopic (exact) mass is 392 g/mol. The van der Waals surface area contributed by atoms with Crippen LogP contribution in [0.15, 0.2) is 91.1 Å². The average Bonchev–Trinajstić information content (AvgIpc) is 3.43. The van der Waals surface area contributed by atoms with Crippen molar-refractivity contribution in [2.24, 2.45) is 0 Å². The summed E-state index contributed by atoms with van der Waals surface area (Å²) >= 11 is 0. The second kappa shape index (κ2) is 7.75. The van der Waals surface area contributed by atoms with E-state index >= 15 is 0 Å². The van der Waals surface area contributed by atoms with Crippen molar-refractivity contribution >= 4 is 0 Å². The van der Waals surface area contributed by atoms with Crippen molar-refractivity contribution in [3.63, 3.8) is 0 Å². The minimum absolute atomic E-state index is 0.482. The minimum Gasteiger partial charge on any atom is -0.240 e. The Bertz CT molecular complexity index is 1250. The van der Waals surface area contributed by atoms with Gasteiger partial charge in [0.1, 0.15) is 0 Å². The summed E-state index contributed by atoms with van der Waals surface area (Å²) in [4.78, 5) is 1.62. The van der Waals surface area contributed by atoms with Gasteiger partial charge in [-0.15, -0.1) is 10.2 Å². The van der Waals surface area contributed by atoms with Crippen LogP contribution in [-0.4, -0.2) is 30.0 Å². The lowest BCUT2D eigenvalue weighted by Gasteiger charge is -2.01. The summed E-state index contributed by atoms with van der Waals surface area (Å²) in [6.45, 7) is 2.54. The highest BCUT2D eigenvalue weighted by atomic mass is 15.6. The fourth-order valence-corrected chi connectivity index (χ4v) is 3.36. The standard InChI is InChI=1S/C24H20N6/c1-18-12-14-20(15-13-18)24-25-28-30(27-24)17-21-16-29(22-10-6-3-7-11-22)26-23(21)19-8-4-2-5-9-19/h2-16H,17H2,1H3. The van der Waals surface area contributed by atoms with E-state index in [9.17, 15) is 0 Å². The van der Waals surface area contributed by atoms with Crippen molar-refractivity contribution in [3.05, 3.63) is 102 Å². The molecule has 0 aliphatic heterocycles. The highest BCUT2D eigenvalue weighted by Gasteiger charge is 2.15. The van der Waals surface area contributed by atoms with Crippen molar-refractivity contribution in [2.75, 3.05) is 0 Å². The molecule has 0 spiro atoms. The number of aromatic nitrogens is 6. The summed E-state index contributed by atoms with van der Waals surface area (Å²) in [5.41, 5.74) is 6.16. The molecule has 6 heteroatoms. The van der Waals surface area contributed by atoms with Crippen LogP contribution in [0.4, 0.5) is 0 Å². The normalized spacial score (nSPS) is 11.0. The molecule has 0 radical (unpaired) electrons. The van der Waals surface area contributed by atoms with Gasteiger partial charge in [0.15, 0.2) is 0 Å². The van der Waals surface area contributed by atoms with Gasteiger partial charge in [0, 0.05) is 22.9 Å². The van der Waals surface area contributed by atoms with Gasteiger partial charge in [-0.1, -0.05) is 78.4 Å². The molecular formula is C24H20N6. The van der Waals surface area contributed by atoms with Gasteiger partial charge in [0.05, 0.1) is 17.9 Å². The molecule has 0 aliphatic carbocycles. The van der Waals surface area contributed by atoms with Crippen LogP contribution >= 0.6 is 0 Å². The van der Waals surface area contributed by atoms with E-state index in [-0.39, 0.29) is 0 Å². The summed E-state index contributed by atoms with van der Waals surface area (Å²) in [5.74, 6) is 0.617. The molecule has 30 heavy (non-hydrogen) atoms. The Balaban J connectivity index is 1.51. The molecule has 0 atom stereocenters. The molecule has 5 rings (SSSR count). The first kappa shape index (κ1) is 18.0. The smallest absolute Gasteiger partial charge is 0.204 e. The Labute approximate surface area is 174 Å². The van der Waals surface area contributed by atoms with Crippen molar-refractivity contribution in [3.8, 4) is 28.3 Å². The molecule has 146 valence electrons. The molecule has 0 saturated carbocycles. The Kier molecular flexibility index (Phi) is 4.65. The maximum Gasteiger partial charge on any atom is 0.204 e. The van der Waals surface area contributed by atoms with Gasteiger partial charge in [-0.05, 0) is 24.3 Å². The zero-order chi connectivity index (χ0) is 20.3. The van der Waals surface area contributed by atoms with Gasteiger partial charge < -0.3 is 0 Å². The number of hydrogen-bond acceptors (Lipinski definition) is 4.